The van der Waals surface area contributed by atoms with Crippen molar-refractivity contribution in [3.05, 3.63) is 89.5 Å². The quantitative estimate of drug-likeness (QED) is 0.308. The van der Waals surface area contributed by atoms with E-state index in [0.29, 0.717) is 18.0 Å². The van der Waals surface area contributed by atoms with Gasteiger partial charge in [-0.15, -0.1) is 11.8 Å². The fraction of sp³-hybridized carbons (Fsp3) is 0.200. The van der Waals surface area contributed by atoms with E-state index in [1.54, 1.807) is 28.0 Å². The summed E-state index contributed by atoms with van der Waals surface area (Å²) in [5.74, 6) is 0.345. The third-order valence-electron chi connectivity index (χ3n) is 5.06. The number of thiazole rings is 1. The van der Waals surface area contributed by atoms with Crippen LogP contribution in [0.5, 0.6) is 0 Å². The molecule has 0 fully saturated rings. The molecular weight excluding hydrogens is 408 g/mol. The number of amides is 1. The molecule has 0 saturated carbocycles. The second-order valence-corrected chi connectivity index (χ2v) is 9.34. The van der Waals surface area contributed by atoms with Crippen molar-refractivity contribution in [1.82, 2.24) is 4.98 Å². The number of hydrogen-bond acceptors (Lipinski definition) is 4. The van der Waals surface area contributed by atoms with Gasteiger partial charge in [0.1, 0.15) is 0 Å². The van der Waals surface area contributed by atoms with Gasteiger partial charge in [0.2, 0.25) is 0 Å². The SMILES string of the molecule is CSc1ccc(C(=O)N(Cc2ccccc2)c2nc3c(C(C)C)cccc3s2)cc1. The van der Waals surface area contributed by atoms with Crippen LogP contribution < -0.4 is 4.90 Å². The van der Waals surface area contributed by atoms with Crippen molar-refractivity contribution < 1.29 is 4.79 Å². The predicted octanol–water partition coefficient (Wildman–Crippen LogP) is 6.99. The van der Waals surface area contributed by atoms with Crippen molar-refractivity contribution in [2.45, 2.75) is 31.2 Å². The van der Waals surface area contributed by atoms with Crippen LogP contribution in [0.1, 0.15) is 41.3 Å². The Kier molecular flexibility index (Phi) is 6.21. The maximum Gasteiger partial charge on any atom is 0.260 e. The Bertz CT molecular complexity index is 1150. The van der Waals surface area contributed by atoms with Gasteiger partial charge in [0.15, 0.2) is 5.13 Å². The topological polar surface area (TPSA) is 33.2 Å². The summed E-state index contributed by atoms with van der Waals surface area (Å²) < 4.78 is 1.11. The van der Waals surface area contributed by atoms with E-state index >= 15 is 0 Å². The van der Waals surface area contributed by atoms with Crippen LogP contribution >= 0.6 is 23.1 Å². The first-order valence-electron chi connectivity index (χ1n) is 9.96. The van der Waals surface area contributed by atoms with Crippen LogP contribution in [0.25, 0.3) is 10.2 Å². The van der Waals surface area contributed by atoms with Gasteiger partial charge in [-0.05, 0) is 53.6 Å². The van der Waals surface area contributed by atoms with Gasteiger partial charge in [-0.25, -0.2) is 4.98 Å². The smallest absolute Gasteiger partial charge is 0.260 e. The van der Waals surface area contributed by atoms with Crippen LogP contribution in [-0.4, -0.2) is 17.1 Å². The van der Waals surface area contributed by atoms with E-state index in [9.17, 15) is 4.79 Å². The maximum absolute atomic E-state index is 13.5. The van der Waals surface area contributed by atoms with E-state index in [1.165, 1.54) is 5.56 Å². The summed E-state index contributed by atoms with van der Waals surface area (Å²) in [6, 6.07) is 24.2. The van der Waals surface area contributed by atoms with E-state index in [2.05, 4.69) is 32.0 Å². The summed E-state index contributed by atoms with van der Waals surface area (Å²) >= 11 is 3.25. The molecule has 0 unspecified atom stereocenters. The third kappa shape index (κ3) is 4.27. The molecule has 1 aromatic heterocycles. The molecule has 152 valence electrons. The molecule has 0 saturated heterocycles. The van der Waals surface area contributed by atoms with Gasteiger partial charge < -0.3 is 0 Å². The number of thioether (sulfide) groups is 1. The van der Waals surface area contributed by atoms with E-state index in [1.807, 2.05) is 60.9 Å². The number of nitrogens with zero attached hydrogens (tertiary/aromatic N) is 2. The highest BCUT2D eigenvalue weighted by atomic mass is 32.2. The average molecular weight is 433 g/mol. The Morgan fingerprint density at radius 3 is 2.40 bits per heavy atom. The number of carbonyl (C=O) groups excluding carboxylic acids is 1. The molecule has 3 aromatic carbocycles. The molecule has 1 amide bonds. The van der Waals surface area contributed by atoms with Crippen molar-refractivity contribution in [1.29, 1.82) is 0 Å². The molecule has 0 aliphatic carbocycles. The number of aromatic nitrogens is 1. The second kappa shape index (κ2) is 9.02. The number of carbonyl (C=O) groups is 1. The van der Waals surface area contributed by atoms with Crippen molar-refractivity contribution in [2.75, 3.05) is 11.2 Å². The minimum atomic E-state index is -0.0309. The minimum Gasteiger partial charge on any atom is -0.279 e. The Morgan fingerprint density at radius 1 is 1.00 bits per heavy atom. The molecule has 0 aliphatic heterocycles. The van der Waals surface area contributed by atoms with Gasteiger partial charge in [-0.1, -0.05) is 67.6 Å². The van der Waals surface area contributed by atoms with Crippen LogP contribution in [0.4, 0.5) is 5.13 Å². The van der Waals surface area contributed by atoms with Gasteiger partial charge in [-0.2, -0.15) is 0 Å². The number of benzene rings is 3. The number of fused-ring (bicyclic) bond motifs is 1. The molecule has 0 spiro atoms. The normalized spacial score (nSPS) is 11.2. The maximum atomic E-state index is 13.5. The molecule has 4 aromatic rings. The lowest BCUT2D eigenvalue weighted by molar-refractivity contribution is 0.0985. The Hall–Kier alpha value is -2.63. The van der Waals surface area contributed by atoms with Crippen molar-refractivity contribution in [3.8, 4) is 0 Å². The van der Waals surface area contributed by atoms with E-state index in [0.717, 1.165) is 25.8 Å². The Labute approximate surface area is 185 Å². The zero-order valence-electron chi connectivity index (χ0n) is 17.3. The fourth-order valence-electron chi connectivity index (χ4n) is 3.42. The number of hydrogen-bond donors (Lipinski definition) is 0. The molecule has 30 heavy (non-hydrogen) atoms. The monoisotopic (exact) mass is 432 g/mol. The number of para-hydroxylation sites is 1. The molecule has 0 bridgehead atoms. The summed E-state index contributed by atoms with van der Waals surface area (Å²) in [5, 5.41) is 0.737. The van der Waals surface area contributed by atoms with Crippen LogP contribution in [0.2, 0.25) is 0 Å². The summed E-state index contributed by atoms with van der Waals surface area (Å²) in [6.45, 7) is 4.84. The largest absolute Gasteiger partial charge is 0.279 e. The van der Waals surface area contributed by atoms with Crippen LogP contribution in [0.3, 0.4) is 0 Å². The Morgan fingerprint density at radius 2 is 1.73 bits per heavy atom. The number of rotatable bonds is 6. The summed E-state index contributed by atoms with van der Waals surface area (Å²) in [5.41, 5.74) is 3.96. The molecule has 0 aliphatic rings. The van der Waals surface area contributed by atoms with E-state index in [-0.39, 0.29) is 5.91 Å². The fourth-order valence-corrected chi connectivity index (χ4v) is 4.83. The van der Waals surface area contributed by atoms with Gasteiger partial charge in [0, 0.05) is 10.5 Å². The molecule has 1 heterocycles. The van der Waals surface area contributed by atoms with Crippen LogP contribution in [0.15, 0.2) is 77.7 Å². The van der Waals surface area contributed by atoms with Gasteiger partial charge in [0.05, 0.1) is 16.8 Å². The Balaban J connectivity index is 1.77. The predicted molar refractivity (Wildman–Crippen MR) is 129 cm³/mol. The molecule has 3 nitrogen and oxygen atoms in total. The van der Waals surface area contributed by atoms with E-state index < -0.39 is 0 Å². The van der Waals surface area contributed by atoms with Gasteiger partial charge in [0.25, 0.3) is 5.91 Å². The molecule has 5 heteroatoms. The summed E-state index contributed by atoms with van der Waals surface area (Å²) in [7, 11) is 0. The lowest BCUT2D eigenvalue weighted by Gasteiger charge is -2.20. The highest BCUT2D eigenvalue weighted by Crippen LogP contribution is 2.34. The summed E-state index contributed by atoms with van der Waals surface area (Å²) in [6.07, 6.45) is 2.03. The first-order valence-corrected chi connectivity index (χ1v) is 12.0. The van der Waals surface area contributed by atoms with Gasteiger partial charge in [-0.3, -0.25) is 9.69 Å². The zero-order valence-corrected chi connectivity index (χ0v) is 19.0. The highest BCUT2D eigenvalue weighted by Gasteiger charge is 2.22. The molecule has 4 rings (SSSR count). The van der Waals surface area contributed by atoms with Crippen LogP contribution in [0, 0.1) is 0 Å². The molecule has 0 N–H and O–H groups in total. The molecule has 0 radical (unpaired) electrons. The van der Waals surface area contributed by atoms with Crippen LogP contribution in [-0.2, 0) is 6.54 Å². The van der Waals surface area contributed by atoms with Crippen molar-refractivity contribution in [3.63, 3.8) is 0 Å². The first kappa shape index (κ1) is 20.6. The molecule has 0 atom stereocenters. The van der Waals surface area contributed by atoms with Gasteiger partial charge >= 0.3 is 0 Å². The van der Waals surface area contributed by atoms with E-state index in [4.69, 9.17) is 4.98 Å². The van der Waals surface area contributed by atoms with Crippen molar-refractivity contribution in [2.24, 2.45) is 0 Å². The first-order chi connectivity index (χ1) is 14.6. The highest BCUT2D eigenvalue weighted by molar-refractivity contribution is 7.98. The average Bonchev–Trinajstić information content (AvgIpc) is 3.21. The second-order valence-electron chi connectivity index (χ2n) is 7.45. The van der Waals surface area contributed by atoms with Crippen molar-refractivity contribution >= 4 is 44.4 Å². The third-order valence-corrected chi connectivity index (χ3v) is 6.84. The lowest BCUT2D eigenvalue weighted by atomic mass is 10.0. The minimum absolute atomic E-state index is 0.0309. The number of anilines is 1. The lowest BCUT2D eigenvalue weighted by Crippen LogP contribution is -2.30. The summed E-state index contributed by atoms with van der Waals surface area (Å²) in [4.78, 5) is 21.4. The standard InChI is InChI=1S/C25H24N2OS2/c1-17(2)21-10-7-11-22-23(21)26-25(30-22)27(16-18-8-5-4-6-9-18)24(28)19-12-14-20(29-3)15-13-19/h4-15,17H,16H2,1-3H3. The molecular formula is C25H24N2OS2. The zero-order chi connectivity index (χ0) is 21.1.